The van der Waals surface area contributed by atoms with Gasteiger partial charge in [-0.05, 0) is 34.9 Å². The number of aromatic nitrogens is 1. The second-order valence-corrected chi connectivity index (χ2v) is 13.4. The Balaban J connectivity index is 1.13. The maximum absolute atomic E-state index is 13.1. The molecule has 2 atom stereocenters. The number of imide groups is 1. The van der Waals surface area contributed by atoms with Crippen LogP contribution in [-0.2, 0) is 37.1 Å². The van der Waals surface area contributed by atoms with Gasteiger partial charge in [0, 0.05) is 56.3 Å². The molecule has 47 heavy (non-hydrogen) atoms. The number of benzene rings is 1. The molecule has 0 radical (unpaired) electrons. The van der Waals surface area contributed by atoms with Crippen LogP contribution in [0.2, 0.25) is 0 Å². The molecule has 0 saturated carbocycles. The lowest BCUT2D eigenvalue weighted by molar-refractivity contribution is -0.142. The minimum Gasteiger partial charge on any atom is -0.480 e. The lowest BCUT2D eigenvalue weighted by Crippen LogP contribution is -2.47. The highest BCUT2D eigenvalue weighted by Crippen LogP contribution is 2.31. The zero-order valence-electron chi connectivity index (χ0n) is 26.0. The van der Waals surface area contributed by atoms with E-state index in [0.29, 0.717) is 30.9 Å². The average Bonchev–Trinajstić information content (AvgIpc) is 3.59. The topological polar surface area (TPSA) is 208 Å². The van der Waals surface area contributed by atoms with Gasteiger partial charge in [0.2, 0.25) is 23.6 Å². The standard InChI is InChI=1S/C31H36N8O7S/c1-31(2)12-23(18-3-5-21(6-4-18)35-30(46)37-14-19-7-8-33-13-20(19)15-37)36-39(29(31)45)10-9-34-25(40)16-38-26(41)11-24(27(38)42)47-17-22(32)28(43)44/h3-8,13,22,24H,9-12,14-17,32H2,1-2H3,(H,34,40)(H,35,46)(H,43,44)/t22-,24?/m0/s1. The van der Waals surface area contributed by atoms with Crippen LogP contribution in [0.5, 0.6) is 0 Å². The molecule has 0 aliphatic carbocycles. The smallest absolute Gasteiger partial charge is 0.322 e. The van der Waals surface area contributed by atoms with Gasteiger partial charge in [-0.15, -0.1) is 11.8 Å². The van der Waals surface area contributed by atoms with Crippen LogP contribution in [0.25, 0.3) is 0 Å². The van der Waals surface area contributed by atoms with Gasteiger partial charge >= 0.3 is 12.0 Å². The molecule has 6 amide bonds. The fourth-order valence-corrected chi connectivity index (χ4v) is 6.55. The number of nitrogens with two attached hydrogens (primary N) is 1. The zero-order valence-corrected chi connectivity index (χ0v) is 26.8. The Morgan fingerprint density at radius 3 is 2.53 bits per heavy atom. The number of carboxylic acid groups (broad SMARTS) is 1. The summed E-state index contributed by atoms with van der Waals surface area (Å²) in [5.41, 5.74) is 8.87. The number of nitrogens with zero attached hydrogens (tertiary/aromatic N) is 5. The lowest BCUT2D eigenvalue weighted by Gasteiger charge is -2.34. The van der Waals surface area contributed by atoms with Crippen molar-refractivity contribution in [2.45, 2.75) is 51.1 Å². The maximum Gasteiger partial charge on any atom is 0.322 e. The van der Waals surface area contributed by atoms with Gasteiger partial charge in [0.05, 0.1) is 22.9 Å². The van der Waals surface area contributed by atoms with Gasteiger partial charge in [0.1, 0.15) is 12.6 Å². The number of hydrogen-bond donors (Lipinski definition) is 4. The molecule has 0 spiro atoms. The number of amides is 6. The minimum atomic E-state index is -1.21. The molecule has 2 aromatic rings. The maximum atomic E-state index is 13.1. The molecule has 5 rings (SSSR count). The second kappa shape index (κ2) is 13.9. The minimum absolute atomic E-state index is 0.0285. The van der Waals surface area contributed by atoms with Crippen molar-refractivity contribution in [1.82, 2.24) is 25.1 Å². The summed E-state index contributed by atoms with van der Waals surface area (Å²) in [5, 5.41) is 19.5. The molecule has 4 heterocycles. The molecular weight excluding hydrogens is 628 g/mol. The van der Waals surface area contributed by atoms with Crippen LogP contribution in [0.15, 0.2) is 47.8 Å². The number of carbonyl (C=O) groups excluding carboxylic acids is 5. The van der Waals surface area contributed by atoms with Crippen molar-refractivity contribution < 1.29 is 33.9 Å². The largest absolute Gasteiger partial charge is 0.480 e. The molecular formula is C31H36N8O7S. The first-order chi connectivity index (χ1) is 22.3. The Labute approximate surface area is 274 Å². The van der Waals surface area contributed by atoms with E-state index in [1.54, 1.807) is 29.4 Å². The highest BCUT2D eigenvalue weighted by Gasteiger charge is 2.41. The van der Waals surface area contributed by atoms with Gasteiger partial charge in [-0.3, -0.25) is 33.9 Å². The van der Waals surface area contributed by atoms with Crippen molar-refractivity contribution in [3.8, 4) is 0 Å². The van der Waals surface area contributed by atoms with Crippen molar-refractivity contribution >= 4 is 58.8 Å². The number of anilines is 1. The molecule has 1 fully saturated rings. The second-order valence-electron chi connectivity index (χ2n) is 12.2. The molecule has 16 heteroatoms. The number of hydrogen-bond acceptors (Lipinski definition) is 10. The van der Waals surface area contributed by atoms with Gasteiger partial charge in [0.25, 0.3) is 0 Å². The Bertz CT molecular complexity index is 1600. The number of carbonyl (C=O) groups is 6. The lowest BCUT2D eigenvalue weighted by atomic mass is 9.83. The van der Waals surface area contributed by atoms with E-state index in [1.807, 2.05) is 32.0 Å². The van der Waals surface area contributed by atoms with Gasteiger partial charge in [-0.1, -0.05) is 26.0 Å². The zero-order chi connectivity index (χ0) is 33.9. The van der Waals surface area contributed by atoms with Crippen LogP contribution in [0, 0.1) is 5.41 Å². The number of carboxylic acids is 1. The normalized spacial score (nSPS) is 19.4. The molecule has 248 valence electrons. The van der Waals surface area contributed by atoms with Crippen LogP contribution in [0.4, 0.5) is 10.5 Å². The summed E-state index contributed by atoms with van der Waals surface area (Å²) in [6.45, 7) is 4.24. The van der Waals surface area contributed by atoms with Crippen molar-refractivity contribution in [3.63, 3.8) is 0 Å². The molecule has 3 aliphatic heterocycles. The molecule has 5 N–H and O–H groups in total. The number of aliphatic carboxylic acids is 1. The summed E-state index contributed by atoms with van der Waals surface area (Å²) in [6, 6.07) is 7.72. The summed E-state index contributed by atoms with van der Waals surface area (Å²) in [5.74, 6) is -3.16. The first kappa shape index (κ1) is 33.5. The Morgan fingerprint density at radius 2 is 1.83 bits per heavy atom. The third-order valence-corrected chi connectivity index (χ3v) is 9.41. The van der Waals surface area contributed by atoms with Crippen LogP contribution < -0.4 is 16.4 Å². The molecule has 15 nitrogen and oxygen atoms in total. The number of likely N-dealkylation sites (tertiary alicyclic amines) is 1. The predicted octanol–water partition coefficient (Wildman–Crippen LogP) is 0.981. The van der Waals surface area contributed by atoms with Crippen molar-refractivity contribution in [3.05, 3.63) is 59.4 Å². The third-order valence-electron chi connectivity index (χ3n) is 8.09. The SMILES string of the molecule is CC1(C)CC(c2ccc(NC(=O)N3Cc4ccncc4C3)cc2)=NN(CCNC(=O)CN2C(=O)CC(SC[C@H](N)C(=O)O)C2=O)C1=O. The van der Waals surface area contributed by atoms with Gasteiger partial charge < -0.3 is 26.4 Å². The number of fused-ring (bicyclic) bond motifs is 1. The molecule has 1 aromatic heterocycles. The highest BCUT2D eigenvalue weighted by atomic mass is 32.2. The van der Waals surface area contributed by atoms with Crippen LogP contribution in [0.1, 0.15) is 43.4 Å². The monoisotopic (exact) mass is 664 g/mol. The number of thioether (sulfide) groups is 1. The van der Waals surface area contributed by atoms with E-state index in [2.05, 4.69) is 20.7 Å². The quantitative estimate of drug-likeness (QED) is 0.250. The third kappa shape index (κ3) is 7.77. The average molecular weight is 665 g/mol. The first-order valence-corrected chi connectivity index (χ1v) is 16.1. The summed E-state index contributed by atoms with van der Waals surface area (Å²) in [6.07, 6.45) is 3.72. The van der Waals surface area contributed by atoms with Crippen LogP contribution >= 0.6 is 11.8 Å². The molecule has 3 aliphatic rings. The van der Waals surface area contributed by atoms with Gasteiger partial charge in [0.15, 0.2) is 0 Å². The van der Waals surface area contributed by atoms with E-state index < -0.39 is 46.9 Å². The Kier molecular flexibility index (Phi) is 9.91. The van der Waals surface area contributed by atoms with Gasteiger partial charge in [-0.2, -0.15) is 5.10 Å². The first-order valence-electron chi connectivity index (χ1n) is 15.0. The van der Waals surface area contributed by atoms with E-state index in [0.717, 1.165) is 33.4 Å². The van der Waals surface area contributed by atoms with Crippen molar-refractivity contribution in [2.24, 2.45) is 16.3 Å². The van der Waals surface area contributed by atoms with E-state index >= 15 is 0 Å². The van der Waals surface area contributed by atoms with E-state index in [4.69, 9.17) is 10.8 Å². The Hall–Kier alpha value is -4.83. The molecule has 1 unspecified atom stereocenters. The summed E-state index contributed by atoms with van der Waals surface area (Å²) in [7, 11) is 0. The van der Waals surface area contributed by atoms with Crippen LogP contribution in [0.3, 0.4) is 0 Å². The van der Waals surface area contributed by atoms with Crippen molar-refractivity contribution in [1.29, 1.82) is 0 Å². The number of pyridine rings is 1. The number of rotatable bonds is 11. The summed E-state index contributed by atoms with van der Waals surface area (Å²) in [4.78, 5) is 81.2. The number of nitrogens with one attached hydrogen (secondary N) is 2. The van der Waals surface area contributed by atoms with Crippen LogP contribution in [-0.4, -0.2) is 103 Å². The van der Waals surface area contributed by atoms with E-state index in [1.165, 1.54) is 5.01 Å². The van der Waals surface area contributed by atoms with Crippen molar-refractivity contribution in [2.75, 3.05) is 30.7 Å². The predicted molar refractivity (Wildman–Crippen MR) is 172 cm³/mol. The fraction of sp³-hybridized carbons (Fsp3) is 0.419. The molecule has 1 aromatic carbocycles. The fourth-order valence-electron chi connectivity index (χ4n) is 5.43. The van der Waals surface area contributed by atoms with E-state index in [9.17, 15) is 28.8 Å². The number of hydrazone groups is 1. The molecule has 1 saturated heterocycles. The summed E-state index contributed by atoms with van der Waals surface area (Å²) < 4.78 is 0. The van der Waals surface area contributed by atoms with E-state index in [-0.39, 0.29) is 37.2 Å². The Morgan fingerprint density at radius 1 is 1.11 bits per heavy atom. The summed E-state index contributed by atoms with van der Waals surface area (Å²) >= 11 is 0.974. The highest BCUT2D eigenvalue weighted by molar-refractivity contribution is 8.00. The van der Waals surface area contributed by atoms with Gasteiger partial charge in [-0.25, -0.2) is 9.80 Å². The number of urea groups is 1. The molecule has 0 bridgehead atoms.